The number of hydrogen-bond donors (Lipinski definition) is 2. The van der Waals surface area contributed by atoms with Crippen molar-refractivity contribution in [3.63, 3.8) is 0 Å². The first kappa shape index (κ1) is 23.6. The van der Waals surface area contributed by atoms with Gasteiger partial charge in [-0.25, -0.2) is 4.39 Å². The second kappa shape index (κ2) is 8.59. The van der Waals surface area contributed by atoms with Gasteiger partial charge in [-0.2, -0.15) is 18.4 Å². The smallest absolute Gasteiger partial charge is 0.344 e. The fourth-order valence-electron chi connectivity index (χ4n) is 2.97. The maximum atomic E-state index is 13.5. The average Bonchev–Trinajstić information content (AvgIpc) is 2.90. The number of carbonyl (C=O) groups is 3. The molecule has 0 unspecified atom stereocenters. The van der Waals surface area contributed by atoms with Gasteiger partial charge >= 0.3 is 6.18 Å². The maximum Gasteiger partial charge on any atom is 0.408 e. The molecule has 2 rings (SSSR count). The van der Waals surface area contributed by atoms with Crippen LogP contribution in [0.4, 0.5) is 23.2 Å². The zero-order valence-corrected chi connectivity index (χ0v) is 16.9. The van der Waals surface area contributed by atoms with Crippen LogP contribution in [0.25, 0.3) is 0 Å². The van der Waals surface area contributed by atoms with Crippen LogP contribution in [0.15, 0.2) is 18.2 Å². The molecule has 2 N–H and O–H groups in total. The van der Waals surface area contributed by atoms with E-state index in [1.54, 1.807) is 11.4 Å². The van der Waals surface area contributed by atoms with Crippen molar-refractivity contribution in [3.8, 4) is 6.07 Å². The van der Waals surface area contributed by atoms with Gasteiger partial charge in [0.25, 0.3) is 17.6 Å². The van der Waals surface area contributed by atoms with Gasteiger partial charge in [0, 0.05) is 18.4 Å². The van der Waals surface area contributed by atoms with Crippen molar-refractivity contribution in [2.75, 3.05) is 5.32 Å². The Balaban J connectivity index is 2.35. The van der Waals surface area contributed by atoms with Crippen LogP contribution in [-0.4, -0.2) is 34.4 Å². The van der Waals surface area contributed by atoms with E-state index in [0.717, 1.165) is 12.1 Å². The van der Waals surface area contributed by atoms with Crippen molar-refractivity contribution in [3.05, 3.63) is 52.1 Å². The summed E-state index contributed by atoms with van der Waals surface area (Å²) in [6.45, 7) is 3.56. The molecule has 0 saturated heterocycles. The van der Waals surface area contributed by atoms with Gasteiger partial charge < -0.3 is 15.2 Å². The number of nitriles is 1. The first-order chi connectivity index (χ1) is 14.3. The lowest BCUT2D eigenvalue weighted by molar-refractivity contribution is -0.156. The number of Topliss-reactive ketones (excluding diaryl/α,β-unsaturated/α-hetero) is 1. The van der Waals surface area contributed by atoms with Crippen LogP contribution in [0.3, 0.4) is 0 Å². The first-order valence-corrected chi connectivity index (χ1v) is 8.88. The molecule has 0 saturated carbocycles. The van der Waals surface area contributed by atoms with Gasteiger partial charge in [0.2, 0.25) is 0 Å². The SMILES string of the molecule is Cc1c(C(=O)Nc2ccc(F)c(C#N)c2)c(C)n(C)c1C(=O)C(=O)N[C@H](C)C(F)(F)F. The van der Waals surface area contributed by atoms with E-state index >= 15 is 0 Å². The summed E-state index contributed by atoms with van der Waals surface area (Å²) >= 11 is 0. The summed E-state index contributed by atoms with van der Waals surface area (Å²) < 4.78 is 52.7. The number of aromatic nitrogens is 1. The van der Waals surface area contributed by atoms with Crippen molar-refractivity contribution in [1.82, 2.24) is 9.88 Å². The van der Waals surface area contributed by atoms with Gasteiger partial charge in [-0.3, -0.25) is 14.4 Å². The monoisotopic (exact) mass is 438 g/mol. The molecular weight excluding hydrogens is 420 g/mol. The third-order valence-corrected chi connectivity index (χ3v) is 4.76. The van der Waals surface area contributed by atoms with Gasteiger partial charge in [-0.15, -0.1) is 0 Å². The van der Waals surface area contributed by atoms with Crippen LogP contribution in [0.5, 0.6) is 0 Å². The van der Waals surface area contributed by atoms with Crippen LogP contribution in [0.2, 0.25) is 0 Å². The standard InChI is InChI=1S/C20H18F4N4O3/c1-9-15(18(30)27-13-5-6-14(21)12(7-13)8-25)10(2)28(4)16(9)17(29)19(31)26-11(3)20(22,23)24/h5-7,11H,1-4H3,(H,26,31)(H,27,30)/t11-/m1/s1. The normalized spacial score (nSPS) is 12.1. The maximum absolute atomic E-state index is 13.5. The molecule has 0 spiro atoms. The largest absolute Gasteiger partial charge is 0.408 e. The Morgan fingerprint density at radius 2 is 1.81 bits per heavy atom. The lowest BCUT2D eigenvalue weighted by Crippen LogP contribution is -2.46. The van der Waals surface area contributed by atoms with Crippen molar-refractivity contribution in [2.24, 2.45) is 7.05 Å². The second-order valence-corrected chi connectivity index (χ2v) is 6.82. The summed E-state index contributed by atoms with van der Waals surface area (Å²) in [5, 5.41) is 13.0. The Morgan fingerprint density at radius 3 is 2.35 bits per heavy atom. The number of nitrogens with zero attached hydrogens (tertiary/aromatic N) is 2. The van der Waals surface area contributed by atoms with E-state index in [-0.39, 0.29) is 33.8 Å². The second-order valence-electron chi connectivity index (χ2n) is 6.82. The average molecular weight is 438 g/mol. The van der Waals surface area contributed by atoms with E-state index in [1.807, 2.05) is 0 Å². The molecule has 1 atom stereocenters. The fraction of sp³-hybridized carbons (Fsp3) is 0.300. The van der Waals surface area contributed by atoms with Crippen LogP contribution >= 0.6 is 0 Å². The molecule has 2 aromatic rings. The molecule has 0 aliphatic carbocycles. The van der Waals surface area contributed by atoms with Crippen molar-refractivity contribution < 1.29 is 31.9 Å². The number of ketones is 1. The highest BCUT2D eigenvalue weighted by Gasteiger charge is 2.39. The molecule has 0 aliphatic rings. The quantitative estimate of drug-likeness (QED) is 0.425. The summed E-state index contributed by atoms with van der Waals surface area (Å²) in [6.07, 6.45) is -4.72. The minimum absolute atomic E-state index is 0.0188. The molecule has 1 heterocycles. The fourth-order valence-corrected chi connectivity index (χ4v) is 2.97. The highest BCUT2D eigenvalue weighted by atomic mass is 19.4. The number of anilines is 1. The summed E-state index contributed by atoms with van der Waals surface area (Å²) in [5.74, 6) is -4.16. The molecule has 7 nitrogen and oxygen atoms in total. The molecule has 11 heteroatoms. The zero-order valence-electron chi connectivity index (χ0n) is 16.9. The van der Waals surface area contributed by atoms with Gasteiger partial charge in [-0.1, -0.05) is 0 Å². The number of carbonyl (C=O) groups excluding carboxylic acids is 3. The van der Waals surface area contributed by atoms with E-state index in [4.69, 9.17) is 5.26 Å². The summed E-state index contributed by atoms with van der Waals surface area (Å²) in [7, 11) is 1.39. The van der Waals surface area contributed by atoms with Crippen molar-refractivity contribution in [1.29, 1.82) is 5.26 Å². The van der Waals surface area contributed by atoms with E-state index in [0.29, 0.717) is 6.92 Å². The number of alkyl halides is 3. The topological polar surface area (TPSA) is 104 Å². The highest BCUT2D eigenvalue weighted by molar-refractivity contribution is 6.43. The summed E-state index contributed by atoms with van der Waals surface area (Å²) in [5.41, 5.74) is -0.0323. The molecule has 1 aromatic carbocycles. The highest BCUT2D eigenvalue weighted by Crippen LogP contribution is 2.24. The van der Waals surface area contributed by atoms with Gasteiger partial charge in [0.1, 0.15) is 17.9 Å². The molecule has 0 aliphatic heterocycles. The molecule has 0 bridgehead atoms. The van der Waals surface area contributed by atoms with Crippen molar-refractivity contribution in [2.45, 2.75) is 33.0 Å². The van der Waals surface area contributed by atoms with Crippen molar-refractivity contribution >= 4 is 23.3 Å². The molecule has 164 valence electrons. The van der Waals surface area contributed by atoms with E-state index < -0.39 is 35.6 Å². The van der Waals surface area contributed by atoms with Crippen LogP contribution < -0.4 is 10.6 Å². The minimum atomic E-state index is -4.72. The predicted octanol–water partition coefficient (Wildman–Crippen LogP) is 3.15. The number of nitrogens with one attached hydrogen (secondary N) is 2. The number of amides is 2. The van der Waals surface area contributed by atoms with Crippen LogP contribution in [0.1, 0.15) is 44.6 Å². The molecule has 0 radical (unpaired) electrons. The Bertz CT molecular complexity index is 1110. The Hall–Kier alpha value is -3.68. The van der Waals surface area contributed by atoms with Crippen LogP contribution in [0, 0.1) is 31.0 Å². The zero-order chi connectivity index (χ0) is 23.7. The molecule has 0 fully saturated rings. The molecular formula is C20H18F4N4O3. The third kappa shape index (κ3) is 4.74. The Morgan fingerprint density at radius 1 is 1.19 bits per heavy atom. The molecule has 1 aromatic heterocycles. The third-order valence-electron chi connectivity index (χ3n) is 4.76. The lowest BCUT2D eigenvalue weighted by Gasteiger charge is -2.16. The van der Waals surface area contributed by atoms with E-state index in [2.05, 4.69) is 5.32 Å². The predicted molar refractivity (Wildman–Crippen MR) is 102 cm³/mol. The summed E-state index contributed by atoms with van der Waals surface area (Å²) in [4.78, 5) is 37.3. The van der Waals surface area contributed by atoms with E-state index in [9.17, 15) is 31.9 Å². The van der Waals surface area contributed by atoms with Crippen LogP contribution in [-0.2, 0) is 11.8 Å². The molecule has 31 heavy (non-hydrogen) atoms. The number of rotatable bonds is 5. The number of hydrogen-bond acceptors (Lipinski definition) is 4. The van der Waals surface area contributed by atoms with Gasteiger partial charge in [0.05, 0.1) is 16.8 Å². The number of benzene rings is 1. The lowest BCUT2D eigenvalue weighted by atomic mass is 10.1. The Kier molecular flexibility index (Phi) is 6.54. The summed E-state index contributed by atoms with van der Waals surface area (Å²) in [6, 6.07) is 2.76. The van der Waals surface area contributed by atoms with Gasteiger partial charge in [-0.05, 0) is 44.5 Å². The van der Waals surface area contributed by atoms with Gasteiger partial charge in [0.15, 0.2) is 0 Å². The van der Waals surface area contributed by atoms with E-state index in [1.165, 1.54) is 31.5 Å². The molecule has 2 amide bonds. The first-order valence-electron chi connectivity index (χ1n) is 8.88. The number of halogens is 4. The Labute approximate surface area is 174 Å². The minimum Gasteiger partial charge on any atom is -0.344 e.